The Morgan fingerprint density at radius 2 is 2.64 bits per heavy atom. The number of hydrogen-bond donors (Lipinski definition) is 1. The van der Waals surface area contributed by atoms with Crippen molar-refractivity contribution in [1.29, 1.82) is 0 Å². The van der Waals surface area contributed by atoms with Crippen molar-refractivity contribution in [2.75, 3.05) is 12.3 Å². The molecule has 0 aromatic rings. The maximum Gasteiger partial charge on any atom is 0.233 e. The summed E-state index contributed by atoms with van der Waals surface area (Å²) in [5.74, 6) is 3.59. The SMILES string of the molecule is C#CCNC(=O)C1CCCS1. The molecular formula is C8H11NOS. The van der Waals surface area contributed by atoms with Gasteiger partial charge in [-0.3, -0.25) is 4.79 Å². The van der Waals surface area contributed by atoms with Crippen LogP contribution in [-0.2, 0) is 4.79 Å². The highest BCUT2D eigenvalue weighted by Gasteiger charge is 2.22. The normalized spacial score (nSPS) is 22.6. The van der Waals surface area contributed by atoms with Crippen molar-refractivity contribution in [3.63, 3.8) is 0 Å². The molecule has 0 aromatic heterocycles. The molecule has 1 N–H and O–H groups in total. The number of rotatable bonds is 2. The van der Waals surface area contributed by atoms with Gasteiger partial charge in [-0.1, -0.05) is 5.92 Å². The van der Waals surface area contributed by atoms with Crippen LogP contribution in [0.5, 0.6) is 0 Å². The summed E-state index contributed by atoms with van der Waals surface area (Å²) in [4.78, 5) is 11.2. The average Bonchev–Trinajstić information content (AvgIpc) is 2.52. The minimum absolute atomic E-state index is 0.102. The lowest BCUT2D eigenvalue weighted by Crippen LogP contribution is -2.31. The van der Waals surface area contributed by atoms with Crippen LogP contribution in [0.4, 0.5) is 0 Å². The van der Waals surface area contributed by atoms with Gasteiger partial charge >= 0.3 is 0 Å². The number of carbonyl (C=O) groups is 1. The first kappa shape index (κ1) is 8.48. The third-order valence-electron chi connectivity index (χ3n) is 1.59. The molecule has 0 spiro atoms. The summed E-state index contributed by atoms with van der Waals surface area (Å²) < 4.78 is 0. The van der Waals surface area contributed by atoms with Crippen molar-refractivity contribution < 1.29 is 4.79 Å². The second-order valence-electron chi connectivity index (χ2n) is 2.42. The molecule has 0 aromatic carbocycles. The number of hydrogen-bond acceptors (Lipinski definition) is 2. The Bertz CT molecular complexity index is 179. The van der Waals surface area contributed by atoms with E-state index < -0.39 is 0 Å². The van der Waals surface area contributed by atoms with Gasteiger partial charge in [0.15, 0.2) is 0 Å². The fraction of sp³-hybridized carbons (Fsp3) is 0.625. The van der Waals surface area contributed by atoms with E-state index in [0.717, 1.165) is 18.6 Å². The highest BCUT2D eigenvalue weighted by Crippen LogP contribution is 2.25. The van der Waals surface area contributed by atoms with E-state index in [1.165, 1.54) is 0 Å². The minimum Gasteiger partial charge on any atom is -0.344 e. The second-order valence-corrected chi connectivity index (χ2v) is 3.73. The first-order valence-corrected chi connectivity index (χ1v) is 4.72. The first-order valence-electron chi connectivity index (χ1n) is 3.67. The third kappa shape index (κ3) is 2.47. The lowest BCUT2D eigenvalue weighted by molar-refractivity contribution is -0.120. The lowest BCUT2D eigenvalue weighted by Gasteiger charge is -2.06. The zero-order chi connectivity index (χ0) is 8.10. The van der Waals surface area contributed by atoms with Gasteiger partial charge in [-0.25, -0.2) is 0 Å². The maximum atomic E-state index is 11.2. The molecule has 3 heteroatoms. The van der Waals surface area contributed by atoms with Crippen LogP contribution < -0.4 is 5.32 Å². The number of carbonyl (C=O) groups excluding carboxylic acids is 1. The Balaban J connectivity index is 2.24. The molecule has 1 aliphatic rings. The molecule has 0 aliphatic carbocycles. The van der Waals surface area contributed by atoms with Crippen LogP contribution in [0.2, 0.25) is 0 Å². The van der Waals surface area contributed by atoms with Crippen molar-refractivity contribution in [2.45, 2.75) is 18.1 Å². The summed E-state index contributed by atoms with van der Waals surface area (Å²) in [6, 6.07) is 0. The summed E-state index contributed by atoms with van der Waals surface area (Å²) in [7, 11) is 0. The molecule has 11 heavy (non-hydrogen) atoms. The topological polar surface area (TPSA) is 29.1 Å². The fourth-order valence-corrected chi connectivity index (χ4v) is 2.22. The number of amides is 1. The zero-order valence-corrected chi connectivity index (χ0v) is 7.12. The zero-order valence-electron chi connectivity index (χ0n) is 6.30. The van der Waals surface area contributed by atoms with Crippen LogP contribution in [0.1, 0.15) is 12.8 Å². The quantitative estimate of drug-likeness (QED) is 0.614. The van der Waals surface area contributed by atoms with Gasteiger partial charge in [-0.2, -0.15) is 0 Å². The van der Waals surface area contributed by atoms with E-state index in [4.69, 9.17) is 6.42 Å². The summed E-state index contributed by atoms with van der Waals surface area (Å²) in [6.45, 7) is 0.357. The third-order valence-corrected chi connectivity index (χ3v) is 2.96. The van der Waals surface area contributed by atoms with Crippen LogP contribution in [0.3, 0.4) is 0 Å². The predicted molar refractivity (Wildman–Crippen MR) is 47.3 cm³/mol. The Kier molecular flexibility index (Phi) is 3.31. The van der Waals surface area contributed by atoms with Gasteiger partial charge < -0.3 is 5.32 Å². The molecule has 1 fully saturated rings. The first-order chi connectivity index (χ1) is 5.34. The molecule has 1 rings (SSSR count). The molecule has 2 nitrogen and oxygen atoms in total. The van der Waals surface area contributed by atoms with Gasteiger partial charge in [0.1, 0.15) is 0 Å². The van der Waals surface area contributed by atoms with Crippen LogP contribution in [0.25, 0.3) is 0 Å². The number of thioether (sulfide) groups is 1. The van der Waals surface area contributed by atoms with E-state index in [9.17, 15) is 4.79 Å². The number of terminal acetylenes is 1. The van der Waals surface area contributed by atoms with Crippen molar-refractivity contribution in [2.24, 2.45) is 0 Å². The van der Waals surface area contributed by atoms with E-state index in [1.807, 2.05) is 0 Å². The van der Waals surface area contributed by atoms with Gasteiger partial charge in [-0.05, 0) is 18.6 Å². The van der Waals surface area contributed by atoms with Crippen LogP contribution >= 0.6 is 11.8 Å². The largest absolute Gasteiger partial charge is 0.344 e. The summed E-state index contributed by atoms with van der Waals surface area (Å²) in [5, 5.41) is 2.83. The highest BCUT2D eigenvalue weighted by atomic mass is 32.2. The Morgan fingerprint density at radius 3 is 3.18 bits per heavy atom. The molecule has 1 atom stereocenters. The molecular weight excluding hydrogens is 158 g/mol. The smallest absolute Gasteiger partial charge is 0.233 e. The van der Waals surface area contributed by atoms with Gasteiger partial charge in [0.05, 0.1) is 11.8 Å². The Hall–Kier alpha value is -0.620. The molecule has 1 aliphatic heterocycles. The van der Waals surface area contributed by atoms with Crippen molar-refractivity contribution in [1.82, 2.24) is 5.32 Å². The van der Waals surface area contributed by atoms with Crippen molar-refractivity contribution in [3.05, 3.63) is 0 Å². The van der Waals surface area contributed by atoms with Crippen molar-refractivity contribution >= 4 is 17.7 Å². The minimum atomic E-state index is 0.102. The van der Waals surface area contributed by atoms with Gasteiger partial charge in [0.25, 0.3) is 0 Å². The Labute approximate surface area is 71.1 Å². The molecule has 1 heterocycles. The van der Waals surface area contributed by atoms with E-state index in [0.29, 0.717) is 6.54 Å². The van der Waals surface area contributed by atoms with Crippen LogP contribution in [0, 0.1) is 12.3 Å². The molecule has 0 radical (unpaired) electrons. The average molecular weight is 169 g/mol. The van der Waals surface area contributed by atoms with Gasteiger partial charge in [-0.15, -0.1) is 18.2 Å². The number of nitrogens with one attached hydrogen (secondary N) is 1. The highest BCUT2D eigenvalue weighted by molar-refractivity contribution is 8.00. The standard InChI is InChI=1S/C8H11NOS/c1-2-5-9-8(10)7-4-3-6-11-7/h1,7H,3-6H2,(H,9,10). The van der Waals surface area contributed by atoms with Gasteiger partial charge in [0, 0.05) is 0 Å². The molecule has 0 bridgehead atoms. The summed E-state index contributed by atoms with van der Waals surface area (Å²) >= 11 is 1.72. The molecule has 1 unspecified atom stereocenters. The Morgan fingerprint density at radius 1 is 1.82 bits per heavy atom. The molecule has 0 saturated carbocycles. The predicted octanol–water partition coefficient (Wildman–Crippen LogP) is 0.631. The molecule has 1 amide bonds. The van der Waals surface area contributed by atoms with E-state index in [2.05, 4.69) is 11.2 Å². The van der Waals surface area contributed by atoms with E-state index in [-0.39, 0.29) is 11.2 Å². The summed E-state index contributed by atoms with van der Waals surface area (Å²) in [6.07, 6.45) is 7.16. The van der Waals surface area contributed by atoms with Crippen LogP contribution in [0.15, 0.2) is 0 Å². The van der Waals surface area contributed by atoms with Crippen LogP contribution in [-0.4, -0.2) is 23.5 Å². The molecule has 1 saturated heterocycles. The lowest BCUT2D eigenvalue weighted by atomic mass is 10.2. The maximum absolute atomic E-state index is 11.2. The van der Waals surface area contributed by atoms with Gasteiger partial charge in [0.2, 0.25) is 5.91 Å². The van der Waals surface area contributed by atoms with E-state index >= 15 is 0 Å². The molecule has 60 valence electrons. The second kappa shape index (κ2) is 4.30. The summed E-state index contributed by atoms with van der Waals surface area (Å²) in [5.41, 5.74) is 0. The fourth-order valence-electron chi connectivity index (χ4n) is 1.04. The van der Waals surface area contributed by atoms with E-state index in [1.54, 1.807) is 11.8 Å². The monoisotopic (exact) mass is 169 g/mol. The van der Waals surface area contributed by atoms with Crippen molar-refractivity contribution in [3.8, 4) is 12.3 Å².